The number of hydrogen-bond donors (Lipinski definition) is 2. The van der Waals surface area contributed by atoms with Crippen molar-refractivity contribution < 1.29 is 46.7 Å². The molecule has 0 unspecified atom stereocenters. The molecule has 0 radical (unpaired) electrons. The molecule has 0 saturated carbocycles. The lowest BCUT2D eigenvalue weighted by atomic mass is 9.97. The Kier molecular flexibility index (Phi) is 10.9. The normalized spacial score (nSPS) is 11.8. The summed E-state index contributed by atoms with van der Waals surface area (Å²) in [6.45, 7) is 9.06. The van der Waals surface area contributed by atoms with Crippen LogP contribution in [0.15, 0.2) is 71.6 Å². The molecule has 3 rings (SSSR count). The van der Waals surface area contributed by atoms with Crippen molar-refractivity contribution >= 4 is 15.9 Å². The molecule has 0 saturated heterocycles. The van der Waals surface area contributed by atoms with Gasteiger partial charge in [0.15, 0.2) is 11.4 Å². The highest BCUT2D eigenvalue weighted by Gasteiger charge is 2.26. The number of nitrogens with one attached hydrogen (secondary N) is 1. The number of nitrogens with zero attached hydrogens (tertiary/aromatic N) is 1. The topological polar surface area (TPSA) is 185 Å². The smallest absolute Gasteiger partial charge is 0.286 e. The average molecular weight is 566 g/mol. The Labute approximate surface area is 225 Å². The van der Waals surface area contributed by atoms with E-state index in [1.165, 1.54) is 12.1 Å². The lowest BCUT2D eigenvalue weighted by Gasteiger charge is -2.17. The van der Waals surface area contributed by atoms with Crippen molar-refractivity contribution in [3.8, 4) is 11.1 Å². The molecule has 0 spiro atoms. The molecule has 3 aromatic rings. The van der Waals surface area contributed by atoms with Crippen LogP contribution in [0.3, 0.4) is 0 Å². The molecule has 3 N–H and O–H groups in total. The molecular formula is C26H32ClN3O7S. The van der Waals surface area contributed by atoms with Crippen LogP contribution in [0.4, 0.5) is 0 Å². The maximum atomic E-state index is 12.9. The van der Waals surface area contributed by atoms with Crippen LogP contribution in [0, 0.1) is 10.2 Å². The molecule has 0 aliphatic carbocycles. The van der Waals surface area contributed by atoms with E-state index >= 15 is 0 Å². The van der Waals surface area contributed by atoms with Crippen molar-refractivity contribution in [2.75, 3.05) is 0 Å². The maximum absolute atomic E-state index is 12.9. The Morgan fingerprint density at radius 1 is 0.868 bits per heavy atom. The standard InChI is InChI=1S/C26H31N3O3S.ClHO4/c1-18(2)24-14-22(21-8-6-5-7-9-21)15-25(19(3)4)29(24)17-26(30)28-16-20-10-12-23(13-11-20)33(27,31)32;2-1(3,4)5/h5-15,18-19H,16-17H2,1-4H3,(H2-,27,28,30,31,32);(H,2,3,4,5). The molecule has 0 aliphatic rings. The molecule has 0 atom stereocenters. The fourth-order valence-electron chi connectivity index (χ4n) is 3.80. The number of carbonyl (C=O) groups excluding carboxylic acids is 1. The second-order valence-electron chi connectivity index (χ2n) is 9.20. The summed E-state index contributed by atoms with van der Waals surface area (Å²) in [6, 6.07) is 20.8. The third kappa shape index (κ3) is 10.1. The van der Waals surface area contributed by atoms with E-state index in [1.54, 1.807) is 12.1 Å². The summed E-state index contributed by atoms with van der Waals surface area (Å²) in [5.41, 5.74) is 5.31. The van der Waals surface area contributed by atoms with E-state index in [4.69, 9.17) is 23.8 Å². The minimum Gasteiger partial charge on any atom is -0.347 e. The first-order chi connectivity index (χ1) is 17.6. The van der Waals surface area contributed by atoms with Crippen LogP contribution in [0.1, 0.15) is 56.5 Å². The maximum Gasteiger partial charge on any atom is 0.286 e. The Balaban J connectivity index is 0.000000926. The van der Waals surface area contributed by atoms with Crippen molar-refractivity contribution in [2.45, 2.75) is 57.5 Å². The highest BCUT2D eigenvalue weighted by atomic mass is 35.7. The second kappa shape index (κ2) is 13.3. The summed E-state index contributed by atoms with van der Waals surface area (Å²) in [7, 11) is -8.68. The van der Waals surface area contributed by atoms with Crippen LogP contribution in [0.5, 0.6) is 0 Å². The van der Waals surface area contributed by atoms with E-state index in [2.05, 4.69) is 61.8 Å². The summed E-state index contributed by atoms with van der Waals surface area (Å²) in [4.78, 5) is 12.9. The van der Waals surface area contributed by atoms with Crippen LogP contribution < -0.4 is 33.7 Å². The van der Waals surface area contributed by atoms with Crippen molar-refractivity contribution in [1.82, 2.24) is 5.32 Å². The predicted octanol–water partition coefficient (Wildman–Crippen LogP) is -0.904. The number of amides is 1. The van der Waals surface area contributed by atoms with Gasteiger partial charge in [-0.15, -0.1) is 10.2 Å². The zero-order valence-corrected chi connectivity index (χ0v) is 23.2. The Hall–Kier alpha value is -2.90. The summed E-state index contributed by atoms with van der Waals surface area (Å²) >= 11 is 0. The molecule has 1 aromatic heterocycles. The fraction of sp³-hybridized carbons (Fsp3) is 0.308. The third-order valence-electron chi connectivity index (χ3n) is 5.56. The van der Waals surface area contributed by atoms with Gasteiger partial charge in [0, 0.05) is 30.5 Å². The van der Waals surface area contributed by atoms with Gasteiger partial charge in [0.05, 0.1) is 4.90 Å². The second-order valence-corrected chi connectivity index (χ2v) is 11.5. The van der Waals surface area contributed by atoms with Crippen LogP contribution in [-0.2, 0) is 27.9 Å². The zero-order chi connectivity index (χ0) is 28.7. The van der Waals surface area contributed by atoms with Gasteiger partial charge in [0.1, 0.15) is 0 Å². The van der Waals surface area contributed by atoms with E-state index in [0.717, 1.165) is 28.1 Å². The van der Waals surface area contributed by atoms with Crippen molar-refractivity contribution in [1.29, 1.82) is 0 Å². The van der Waals surface area contributed by atoms with E-state index in [-0.39, 0.29) is 29.2 Å². The SMILES string of the molecule is CC(C)c1cc(-c2ccccc2)cc(C(C)C)[n+]1CC(=O)NCc1ccc(S(N)(=O)=O)cc1.[O-][Cl+3]([O-])([O-])[O-]. The Morgan fingerprint density at radius 3 is 1.76 bits per heavy atom. The summed E-state index contributed by atoms with van der Waals surface area (Å²) in [5, 5.41) is 8.08. The van der Waals surface area contributed by atoms with Crippen molar-refractivity contribution in [3.63, 3.8) is 0 Å². The fourth-order valence-corrected chi connectivity index (χ4v) is 4.31. The average Bonchev–Trinajstić information content (AvgIpc) is 2.81. The number of rotatable bonds is 8. The number of hydrogen-bond acceptors (Lipinski definition) is 7. The first-order valence-electron chi connectivity index (χ1n) is 11.7. The predicted molar refractivity (Wildman–Crippen MR) is 130 cm³/mol. The number of halogens is 1. The highest BCUT2D eigenvalue weighted by Crippen LogP contribution is 2.25. The van der Waals surface area contributed by atoms with E-state index < -0.39 is 20.3 Å². The first kappa shape index (κ1) is 31.3. The number of aromatic nitrogens is 1. The van der Waals surface area contributed by atoms with Gasteiger partial charge in [-0.25, -0.2) is 32.2 Å². The lowest BCUT2D eigenvalue weighted by molar-refractivity contribution is -2.00. The van der Waals surface area contributed by atoms with Crippen LogP contribution in [0.2, 0.25) is 0 Å². The van der Waals surface area contributed by atoms with Gasteiger partial charge >= 0.3 is 0 Å². The molecule has 38 heavy (non-hydrogen) atoms. The van der Waals surface area contributed by atoms with Crippen molar-refractivity contribution in [2.24, 2.45) is 5.14 Å². The molecular weight excluding hydrogens is 534 g/mol. The van der Waals surface area contributed by atoms with Gasteiger partial charge in [-0.05, 0) is 28.8 Å². The molecule has 0 bridgehead atoms. The summed E-state index contributed by atoms with van der Waals surface area (Å²) in [6.07, 6.45) is 0. The number of sulfonamides is 1. The Morgan fingerprint density at radius 2 is 1.34 bits per heavy atom. The van der Waals surface area contributed by atoms with Gasteiger partial charge < -0.3 is 5.32 Å². The summed E-state index contributed by atoms with van der Waals surface area (Å²) < 4.78 is 58.9. The molecule has 1 amide bonds. The molecule has 12 heteroatoms. The lowest BCUT2D eigenvalue weighted by Crippen LogP contribution is -2.68. The van der Waals surface area contributed by atoms with Crippen LogP contribution in [-0.4, -0.2) is 14.3 Å². The number of carbonyl (C=O) groups is 1. The third-order valence-corrected chi connectivity index (χ3v) is 6.49. The van der Waals surface area contributed by atoms with Crippen LogP contribution >= 0.6 is 0 Å². The highest BCUT2D eigenvalue weighted by molar-refractivity contribution is 7.89. The minimum atomic E-state index is -4.94. The van der Waals surface area contributed by atoms with Gasteiger partial charge in [0.2, 0.25) is 16.6 Å². The molecule has 0 aliphatic heterocycles. The minimum absolute atomic E-state index is 0.0507. The molecule has 206 valence electrons. The monoisotopic (exact) mass is 565 g/mol. The first-order valence-corrected chi connectivity index (χ1v) is 14.5. The molecule has 1 heterocycles. The molecule has 2 aromatic carbocycles. The number of nitrogens with two attached hydrogens (primary N) is 1. The van der Waals surface area contributed by atoms with Gasteiger partial charge in [-0.3, -0.25) is 4.79 Å². The van der Waals surface area contributed by atoms with E-state index in [9.17, 15) is 13.2 Å². The van der Waals surface area contributed by atoms with Crippen molar-refractivity contribution in [3.05, 3.63) is 83.7 Å². The summed E-state index contributed by atoms with van der Waals surface area (Å²) in [5.74, 6) is 0.376. The van der Waals surface area contributed by atoms with Gasteiger partial charge in [-0.1, -0.05) is 70.2 Å². The van der Waals surface area contributed by atoms with Gasteiger partial charge in [0.25, 0.3) is 5.91 Å². The zero-order valence-electron chi connectivity index (χ0n) is 21.6. The van der Waals surface area contributed by atoms with Gasteiger partial charge in [-0.2, -0.15) is 4.57 Å². The number of primary sulfonamides is 1. The van der Waals surface area contributed by atoms with E-state index in [1.807, 2.05) is 18.2 Å². The number of benzene rings is 2. The molecule has 0 fully saturated rings. The Bertz CT molecular complexity index is 1290. The largest absolute Gasteiger partial charge is 0.347 e. The van der Waals surface area contributed by atoms with Crippen LogP contribution in [0.25, 0.3) is 11.1 Å². The quantitative estimate of drug-likeness (QED) is 0.331. The van der Waals surface area contributed by atoms with E-state index in [0.29, 0.717) is 6.54 Å². The molecule has 10 nitrogen and oxygen atoms in total. The number of pyridine rings is 1.